The zero-order chi connectivity index (χ0) is 27.4. The predicted molar refractivity (Wildman–Crippen MR) is 125 cm³/mol. The maximum Gasteiger partial charge on any atom is 0.459 e. The topological polar surface area (TPSA) is 182 Å². The van der Waals surface area contributed by atoms with Crippen molar-refractivity contribution < 1.29 is 37.4 Å². The van der Waals surface area contributed by atoms with E-state index >= 15 is 0 Å². The van der Waals surface area contributed by atoms with E-state index in [-0.39, 0.29) is 12.4 Å². The molecule has 1 fully saturated rings. The van der Waals surface area contributed by atoms with Crippen LogP contribution in [0.1, 0.15) is 27.0 Å². The highest BCUT2D eigenvalue weighted by Gasteiger charge is 2.55. The third kappa shape index (κ3) is 6.33. The van der Waals surface area contributed by atoms with Crippen molar-refractivity contribution in [3.8, 4) is 11.8 Å². The molecule has 6 atom stereocenters. The summed E-state index contributed by atoms with van der Waals surface area (Å²) in [4.78, 5) is 37.8. The average molecular weight is 540 g/mol. The Labute approximate surface area is 210 Å². The normalized spacial score (nSPS) is 25.6. The highest BCUT2D eigenvalue weighted by atomic mass is 31.2. The van der Waals surface area contributed by atoms with Gasteiger partial charge in [-0.25, -0.2) is 13.8 Å². The summed E-state index contributed by atoms with van der Waals surface area (Å²) in [7, 11) is -4.39. The van der Waals surface area contributed by atoms with Crippen LogP contribution in [0.2, 0.25) is 0 Å². The van der Waals surface area contributed by atoms with Gasteiger partial charge in [-0.05, 0) is 45.0 Å². The molecule has 0 spiro atoms. The zero-order valence-electron chi connectivity index (χ0n) is 20.1. The van der Waals surface area contributed by atoms with Gasteiger partial charge in [0.25, 0.3) is 5.56 Å². The second-order valence-electron chi connectivity index (χ2n) is 8.32. The molecule has 1 aromatic heterocycles. The van der Waals surface area contributed by atoms with Crippen LogP contribution in [0.3, 0.4) is 0 Å². The molecule has 1 aromatic carbocycles. The van der Waals surface area contributed by atoms with Gasteiger partial charge < -0.3 is 19.1 Å². The number of aromatic amines is 1. The molecule has 13 nitrogen and oxygen atoms in total. The van der Waals surface area contributed by atoms with E-state index in [1.807, 2.05) is 11.1 Å². The fourth-order valence-electron chi connectivity index (χ4n) is 3.58. The quantitative estimate of drug-likeness (QED) is 0.291. The summed E-state index contributed by atoms with van der Waals surface area (Å²) in [5, 5.41) is 23.1. The van der Waals surface area contributed by atoms with Crippen molar-refractivity contribution in [3.63, 3.8) is 0 Å². The van der Waals surface area contributed by atoms with Crippen LogP contribution in [-0.4, -0.2) is 52.1 Å². The third-order valence-electron chi connectivity index (χ3n) is 5.57. The molecule has 3 rings (SSSR count). The van der Waals surface area contributed by atoms with Crippen LogP contribution in [0.5, 0.6) is 5.75 Å². The minimum Gasteiger partial charge on any atom is -0.465 e. The minimum absolute atomic E-state index is 0.0549. The molecule has 3 N–H and O–H groups in total. The maximum atomic E-state index is 13.6. The smallest absolute Gasteiger partial charge is 0.459 e. The molecular formula is C22H26FN4O9P. The van der Waals surface area contributed by atoms with Crippen molar-refractivity contribution in [1.29, 1.82) is 5.26 Å². The Morgan fingerprint density at radius 1 is 1.38 bits per heavy atom. The molecule has 0 bridgehead atoms. The van der Waals surface area contributed by atoms with Crippen molar-refractivity contribution >= 4 is 13.7 Å². The summed E-state index contributed by atoms with van der Waals surface area (Å²) in [6.45, 7) is 3.73. The Balaban J connectivity index is 1.85. The Bertz CT molecular complexity index is 1320. The zero-order valence-corrected chi connectivity index (χ0v) is 21.0. The maximum absolute atomic E-state index is 13.6. The van der Waals surface area contributed by atoms with E-state index < -0.39 is 67.3 Å². The first-order valence-corrected chi connectivity index (χ1v) is 12.7. The fraction of sp³-hybridized carbons (Fsp3) is 0.455. The summed E-state index contributed by atoms with van der Waals surface area (Å²) >= 11 is 0. The number of aliphatic hydroxyl groups is 1. The first-order chi connectivity index (χ1) is 17.4. The first kappa shape index (κ1) is 28.2. The summed E-state index contributed by atoms with van der Waals surface area (Å²) in [6.07, 6.45) is -3.06. The third-order valence-corrected chi connectivity index (χ3v) is 7.21. The number of ether oxygens (including phenoxy) is 2. The Morgan fingerprint density at radius 2 is 2.05 bits per heavy atom. The fourth-order valence-corrected chi connectivity index (χ4v) is 5.09. The number of carbonyl (C=O) groups is 1. The van der Waals surface area contributed by atoms with Crippen LogP contribution in [-0.2, 0) is 23.4 Å². The molecule has 2 aromatic rings. The number of nitrogens with zero attached hydrogens (tertiary/aromatic N) is 2. The van der Waals surface area contributed by atoms with Gasteiger partial charge in [0.05, 0.1) is 19.3 Å². The number of halogens is 1. The second kappa shape index (κ2) is 11.4. The molecule has 15 heteroatoms. The van der Waals surface area contributed by atoms with Crippen LogP contribution in [0.15, 0.2) is 46.1 Å². The van der Waals surface area contributed by atoms with Gasteiger partial charge >= 0.3 is 19.4 Å². The van der Waals surface area contributed by atoms with Crippen molar-refractivity contribution in [2.24, 2.45) is 5.41 Å². The van der Waals surface area contributed by atoms with Crippen molar-refractivity contribution in [2.45, 2.75) is 45.2 Å². The van der Waals surface area contributed by atoms with Crippen LogP contribution in [0.4, 0.5) is 4.39 Å². The van der Waals surface area contributed by atoms with E-state index in [1.54, 1.807) is 6.92 Å². The molecular weight excluding hydrogens is 514 g/mol. The summed E-state index contributed by atoms with van der Waals surface area (Å²) in [6, 6.07) is 6.30. The number of esters is 1. The largest absolute Gasteiger partial charge is 0.465 e. The lowest BCUT2D eigenvalue weighted by atomic mass is 9.84. The highest BCUT2D eigenvalue weighted by molar-refractivity contribution is 7.52. The van der Waals surface area contributed by atoms with Crippen LogP contribution in [0.25, 0.3) is 0 Å². The lowest BCUT2D eigenvalue weighted by Crippen LogP contribution is -2.41. The van der Waals surface area contributed by atoms with Crippen molar-refractivity contribution in [2.75, 3.05) is 13.2 Å². The number of nitrogens with one attached hydrogen (secondary N) is 2. The number of hydrogen-bond donors (Lipinski definition) is 3. The Kier molecular flexibility index (Phi) is 8.68. The van der Waals surface area contributed by atoms with Crippen LogP contribution in [0, 0.1) is 22.6 Å². The van der Waals surface area contributed by atoms with Gasteiger partial charge in [-0.15, -0.1) is 0 Å². The lowest BCUT2D eigenvalue weighted by Gasteiger charge is -2.26. The van der Waals surface area contributed by atoms with E-state index in [0.717, 1.165) is 29.0 Å². The van der Waals surface area contributed by atoms with Gasteiger partial charge in [0.1, 0.15) is 35.2 Å². The molecule has 0 radical (unpaired) electrons. The average Bonchev–Trinajstić information content (AvgIpc) is 3.10. The molecule has 2 heterocycles. The van der Waals surface area contributed by atoms with E-state index in [4.69, 9.17) is 18.5 Å². The molecule has 200 valence electrons. The molecule has 37 heavy (non-hydrogen) atoms. The molecule has 1 saturated heterocycles. The van der Waals surface area contributed by atoms with E-state index in [2.05, 4.69) is 5.09 Å². The van der Waals surface area contributed by atoms with Gasteiger partial charge in [0.15, 0.2) is 6.23 Å². The Hall–Kier alpha value is -3.34. The Morgan fingerprint density at radius 3 is 2.65 bits per heavy atom. The number of benzene rings is 1. The summed E-state index contributed by atoms with van der Waals surface area (Å²) in [5.41, 5.74) is -3.22. The highest BCUT2D eigenvalue weighted by Crippen LogP contribution is 2.48. The van der Waals surface area contributed by atoms with Crippen molar-refractivity contribution in [1.82, 2.24) is 14.6 Å². The summed E-state index contributed by atoms with van der Waals surface area (Å²) in [5.74, 6) is -1.38. The second-order valence-corrected chi connectivity index (χ2v) is 10.0. The van der Waals surface area contributed by atoms with Gasteiger partial charge in [-0.2, -0.15) is 10.3 Å². The molecule has 0 aliphatic carbocycles. The van der Waals surface area contributed by atoms with Gasteiger partial charge in [-0.1, -0.05) is 0 Å². The number of hydrogen-bond acceptors (Lipinski definition) is 10. The lowest BCUT2D eigenvalue weighted by molar-refractivity contribution is -0.144. The van der Waals surface area contributed by atoms with Gasteiger partial charge in [0, 0.05) is 12.3 Å². The molecule has 0 amide bonds. The molecule has 1 aliphatic rings. The van der Waals surface area contributed by atoms with E-state index in [1.165, 1.54) is 26.0 Å². The predicted octanol–water partition coefficient (Wildman–Crippen LogP) is 1.21. The monoisotopic (exact) mass is 540 g/mol. The van der Waals surface area contributed by atoms with Gasteiger partial charge in [0.2, 0.25) is 0 Å². The number of aliphatic hydroxyl groups excluding tert-OH is 1. The molecule has 1 aliphatic heterocycles. The SMILES string of the molecule is CCOC(=O)C(C)NP(=O)(OCC1OC(n2ccc(=O)[nH]c2=O)C(C)(C#N)C1O)Oc1ccc(F)cc1. The molecule has 0 saturated carbocycles. The van der Waals surface area contributed by atoms with Crippen molar-refractivity contribution in [3.05, 3.63) is 63.2 Å². The number of carbonyl (C=O) groups excluding carboxylic acids is 1. The first-order valence-electron chi connectivity index (χ1n) is 11.1. The summed E-state index contributed by atoms with van der Waals surface area (Å²) < 4.78 is 49.3. The molecule has 6 unspecified atom stereocenters. The van der Waals surface area contributed by atoms with Gasteiger partial charge in [-0.3, -0.25) is 23.7 Å². The van der Waals surface area contributed by atoms with Crippen LogP contribution >= 0.6 is 7.75 Å². The standard InChI is InChI=1S/C22H26FN4O9P/c1-4-33-19(30)13(2)26-37(32,36-15-7-5-14(23)6-8-15)34-11-16-18(29)22(3,12-24)20(35-16)27-10-9-17(28)25-21(27)31/h5-10,13,16,18,20,29H,4,11H2,1-3H3,(H,26,32)(H,25,28,31). The van der Waals surface area contributed by atoms with E-state index in [0.29, 0.717) is 0 Å². The number of nitriles is 1. The number of rotatable bonds is 10. The van der Waals surface area contributed by atoms with E-state index in [9.17, 15) is 33.7 Å². The number of aromatic nitrogens is 2. The number of H-pyrrole nitrogens is 1. The van der Waals surface area contributed by atoms with Crippen LogP contribution < -0.4 is 20.9 Å². The minimum atomic E-state index is -4.39.